The fraction of sp³-hybridized carbons (Fsp3) is 1.00. The van der Waals surface area contributed by atoms with Crippen LogP contribution in [-0.4, -0.2) is 72.9 Å². The first-order valence-electron chi connectivity index (χ1n) is 6.62. The summed E-state index contributed by atoms with van der Waals surface area (Å²) >= 11 is 0. The van der Waals surface area contributed by atoms with Gasteiger partial charge in [0.2, 0.25) is 0 Å². The molecule has 0 saturated carbocycles. The summed E-state index contributed by atoms with van der Waals surface area (Å²) in [5, 5.41) is 28.9. The molecule has 5 N–H and O–H groups in total. The molecule has 114 valence electrons. The first kappa shape index (κ1) is 16.8. The Morgan fingerprint density at radius 2 is 1.89 bits per heavy atom. The summed E-state index contributed by atoms with van der Waals surface area (Å²) in [5.74, 6) is 0. The van der Waals surface area contributed by atoms with Crippen molar-refractivity contribution in [2.75, 3.05) is 26.9 Å². The Labute approximate surface area is 113 Å². The third-order valence-corrected chi connectivity index (χ3v) is 3.22. The second-order valence-electron chi connectivity index (χ2n) is 4.63. The van der Waals surface area contributed by atoms with Crippen molar-refractivity contribution in [3.8, 4) is 0 Å². The van der Waals surface area contributed by atoms with E-state index >= 15 is 0 Å². The summed E-state index contributed by atoms with van der Waals surface area (Å²) in [7, 11) is 1.39. The number of nitrogens with two attached hydrogens (primary N) is 1. The van der Waals surface area contributed by atoms with Crippen LogP contribution in [0.15, 0.2) is 0 Å². The SMILES string of the molecule is COC1C(CO)OC(OCCCCCN)C(O)C1O. The average molecular weight is 279 g/mol. The third kappa shape index (κ3) is 4.64. The molecule has 1 fully saturated rings. The molecule has 0 bridgehead atoms. The molecule has 0 aromatic carbocycles. The van der Waals surface area contributed by atoms with Crippen LogP contribution in [0.2, 0.25) is 0 Å². The molecule has 1 aliphatic rings. The van der Waals surface area contributed by atoms with Gasteiger partial charge in [-0.2, -0.15) is 0 Å². The van der Waals surface area contributed by atoms with E-state index in [0.29, 0.717) is 13.2 Å². The number of ether oxygens (including phenoxy) is 3. The molecule has 0 spiro atoms. The van der Waals surface area contributed by atoms with Crippen LogP contribution in [0.4, 0.5) is 0 Å². The maximum atomic E-state index is 9.89. The van der Waals surface area contributed by atoms with Gasteiger partial charge in [-0.15, -0.1) is 0 Å². The van der Waals surface area contributed by atoms with Crippen LogP contribution in [0.3, 0.4) is 0 Å². The van der Waals surface area contributed by atoms with Crippen molar-refractivity contribution < 1.29 is 29.5 Å². The minimum Gasteiger partial charge on any atom is -0.394 e. The number of aliphatic hydroxyl groups excluding tert-OH is 3. The Morgan fingerprint density at radius 3 is 2.47 bits per heavy atom. The number of aliphatic hydroxyl groups is 3. The maximum Gasteiger partial charge on any atom is 0.186 e. The minimum absolute atomic E-state index is 0.310. The van der Waals surface area contributed by atoms with Crippen LogP contribution in [0.1, 0.15) is 19.3 Å². The number of rotatable bonds is 8. The third-order valence-electron chi connectivity index (χ3n) is 3.22. The van der Waals surface area contributed by atoms with Gasteiger partial charge in [0.05, 0.1) is 6.61 Å². The molecule has 7 nitrogen and oxygen atoms in total. The van der Waals surface area contributed by atoms with Crippen molar-refractivity contribution in [3.63, 3.8) is 0 Å². The second kappa shape index (κ2) is 8.80. The average Bonchev–Trinajstić information content (AvgIpc) is 2.42. The van der Waals surface area contributed by atoms with E-state index in [4.69, 9.17) is 19.9 Å². The summed E-state index contributed by atoms with van der Waals surface area (Å²) < 4.78 is 15.8. The smallest absolute Gasteiger partial charge is 0.186 e. The summed E-state index contributed by atoms with van der Waals surface area (Å²) in [6, 6.07) is 0. The summed E-state index contributed by atoms with van der Waals surface area (Å²) in [5.41, 5.74) is 5.38. The van der Waals surface area contributed by atoms with Crippen LogP contribution in [-0.2, 0) is 14.2 Å². The molecule has 5 unspecified atom stereocenters. The van der Waals surface area contributed by atoms with Gasteiger partial charge in [-0.05, 0) is 25.8 Å². The van der Waals surface area contributed by atoms with Gasteiger partial charge in [0.1, 0.15) is 24.4 Å². The lowest BCUT2D eigenvalue weighted by molar-refractivity contribution is -0.304. The zero-order valence-corrected chi connectivity index (χ0v) is 11.3. The molecular formula is C12H25NO6. The Kier molecular flexibility index (Phi) is 7.77. The van der Waals surface area contributed by atoms with Crippen molar-refractivity contribution in [1.82, 2.24) is 0 Å². The van der Waals surface area contributed by atoms with E-state index in [2.05, 4.69) is 0 Å². The van der Waals surface area contributed by atoms with Gasteiger partial charge in [0, 0.05) is 13.7 Å². The van der Waals surface area contributed by atoms with Crippen LogP contribution >= 0.6 is 0 Å². The zero-order valence-electron chi connectivity index (χ0n) is 11.3. The van der Waals surface area contributed by atoms with Crippen LogP contribution in [0.25, 0.3) is 0 Å². The topological polar surface area (TPSA) is 114 Å². The van der Waals surface area contributed by atoms with E-state index in [1.807, 2.05) is 0 Å². The first-order chi connectivity index (χ1) is 9.15. The Hall–Kier alpha value is -0.280. The van der Waals surface area contributed by atoms with E-state index < -0.39 is 30.7 Å². The Balaban J connectivity index is 2.41. The van der Waals surface area contributed by atoms with Gasteiger partial charge in [0.15, 0.2) is 6.29 Å². The van der Waals surface area contributed by atoms with Gasteiger partial charge < -0.3 is 35.3 Å². The normalized spacial score (nSPS) is 35.5. The minimum atomic E-state index is -1.19. The summed E-state index contributed by atoms with van der Waals surface area (Å²) in [6.45, 7) is 0.739. The maximum absolute atomic E-state index is 9.89. The standard InChI is InChI=1S/C12H25NO6/c1-17-11-8(7-14)19-12(10(16)9(11)15)18-6-4-2-3-5-13/h8-12,14-16H,2-7,13H2,1H3. The lowest BCUT2D eigenvalue weighted by Crippen LogP contribution is -2.59. The predicted molar refractivity (Wildman–Crippen MR) is 67.4 cm³/mol. The molecule has 7 heteroatoms. The molecule has 19 heavy (non-hydrogen) atoms. The van der Waals surface area contributed by atoms with Crippen LogP contribution in [0, 0.1) is 0 Å². The van der Waals surface area contributed by atoms with Crippen molar-refractivity contribution in [2.24, 2.45) is 5.73 Å². The highest BCUT2D eigenvalue weighted by molar-refractivity contribution is 4.89. The summed E-state index contributed by atoms with van der Waals surface area (Å²) in [4.78, 5) is 0. The molecule has 5 atom stereocenters. The van der Waals surface area contributed by atoms with Gasteiger partial charge in [0.25, 0.3) is 0 Å². The number of hydrogen-bond donors (Lipinski definition) is 4. The Morgan fingerprint density at radius 1 is 1.16 bits per heavy atom. The molecule has 1 heterocycles. The van der Waals surface area contributed by atoms with E-state index in [9.17, 15) is 15.3 Å². The quantitative estimate of drug-likeness (QED) is 0.403. The van der Waals surface area contributed by atoms with E-state index in [1.54, 1.807) is 0 Å². The fourth-order valence-corrected chi connectivity index (χ4v) is 2.10. The molecule has 1 rings (SSSR count). The lowest BCUT2D eigenvalue weighted by atomic mass is 9.99. The van der Waals surface area contributed by atoms with Gasteiger partial charge in [-0.3, -0.25) is 0 Å². The lowest BCUT2D eigenvalue weighted by Gasteiger charge is -2.41. The molecule has 0 aromatic heterocycles. The van der Waals surface area contributed by atoms with Crippen molar-refractivity contribution >= 4 is 0 Å². The number of hydrogen-bond acceptors (Lipinski definition) is 7. The molecule has 1 aliphatic heterocycles. The van der Waals surface area contributed by atoms with E-state index in [1.165, 1.54) is 7.11 Å². The second-order valence-corrected chi connectivity index (χ2v) is 4.63. The Bertz CT molecular complexity index is 240. The van der Waals surface area contributed by atoms with Crippen molar-refractivity contribution in [1.29, 1.82) is 0 Å². The van der Waals surface area contributed by atoms with Gasteiger partial charge >= 0.3 is 0 Å². The van der Waals surface area contributed by atoms with Crippen molar-refractivity contribution in [3.05, 3.63) is 0 Å². The van der Waals surface area contributed by atoms with Crippen LogP contribution in [0.5, 0.6) is 0 Å². The van der Waals surface area contributed by atoms with Crippen molar-refractivity contribution in [2.45, 2.75) is 50.0 Å². The van der Waals surface area contributed by atoms with Gasteiger partial charge in [-0.25, -0.2) is 0 Å². The molecule has 0 aliphatic carbocycles. The summed E-state index contributed by atoms with van der Waals surface area (Å²) in [6.07, 6.45) is -2.10. The largest absolute Gasteiger partial charge is 0.394 e. The zero-order chi connectivity index (χ0) is 14.3. The first-order valence-corrected chi connectivity index (χ1v) is 6.62. The molecule has 0 amide bonds. The molecule has 1 saturated heterocycles. The highest BCUT2D eigenvalue weighted by Gasteiger charge is 2.44. The van der Waals surface area contributed by atoms with Crippen LogP contribution < -0.4 is 5.73 Å². The molecular weight excluding hydrogens is 254 g/mol. The monoisotopic (exact) mass is 279 g/mol. The number of unbranched alkanes of at least 4 members (excludes halogenated alkanes) is 2. The predicted octanol–water partition coefficient (Wildman–Crippen LogP) is -1.41. The molecule has 0 aromatic rings. The van der Waals surface area contributed by atoms with E-state index in [-0.39, 0.29) is 6.61 Å². The fourth-order valence-electron chi connectivity index (χ4n) is 2.10. The highest BCUT2D eigenvalue weighted by atomic mass is 16.7. The highest BCUT2D eigenvalue weighted by Crippen LogP contribution is 2.24. The molecule has 0 radical (unpaired) electrons. The number of methoxy groups -OCH3 is 1. The van der Waals surface area contributed by atoms with E-state index in [0.717, 1.165) is 19.3 Å². The van der Waals surface area contributed by atoms with Gasteiger partial charge in [-0.1, -0.05) is 0 Å².